The molecular weight excluding hydrogens is 226 g/mol. The summed E-state index contributed by atoms with van der Waals surface area (Å²) < 4.78 is 5.56. The smallest absolute Gasteiger partial charge is 0.105 e. The molecule has 3 heteroatoms. The average Bonchev–Trinajstić information content (AvgIpc) is 2.67. The normalized spacial score (nSPS) is 26.2. The summed E-state index contributed by atoms with van der Waals surface area (Å²) in [4.78, 5) is 0. The first-order valence-corrected chi connectivity index (χ1v) is 7.06. The van der Waals surface area contributed by atoms with E-state index >= 15 is 0 Å². The molecule has 1 heterocycles. The van der Waals surface area contributed by atoms with Crippen LogP contribution in [-0.4, -0.2) is 17.8 Å². The lowest BCUT2D eigenvalue weighted by molar-refractivity contribution is 0.0684. The van der Waals surface area contributed by atoms with Crippen molar-refractivity contribution in [1.29, 1.82) is 0 Å². The summed E-state index contributed by atoms with van der Waals surface area (Å²) in [7, 11) is 0. The average molecular weight is 251 g/mol. The summed E-state index contributed by atoms with van der Waals surface area (Å²) in [6.45, 7) is 7.04. The first-order valence-electron chi connectivity index (χ1n) is 7.06. The van der Waals surface area contributed by atoms with Gasteiger partial charge in [0.05, 0.1) is 6.10 Å². The van der Waals surface area contributed by atoms with Crippen LogP contribution in [0.25, 0.3) is 0 Å². The second-order valence-electron chi connectivity index (χ2n) is 5.61. The van der Waals surface area contributed by atoms with Crippen LogP contribution in [0, 0.1) is 19.8 Å². The largest absolute Gasteiger partial charge is 0.466 e. The van der Waals surface area contributed by atoms with Crippen molar-refractivity contribution in [3.63, 3.8) is 0 Å². The zero-order valence-corrected chi connectivity index (χ0v) is 11.7. The van der Waals surface area contributed by atoms with E-state index in [2.05, 4.69) is 18.3 Å². The zero-order valence-electron chi connectivity index (χ0n) is 11.7. The summed E-state index contributed by atoms with van der Waals surface area (Å²) in [6, 6.07) is 2.39. The molecule has 1 aliphatic carbocycles. The highest BCUT2D eigenvalue weighted by molar-refractivity contribution is 5.23. The van der Waals surface area contributed by atoms with Crippen molar-refractivity contribution in [1.82, 2.24) is 5.32 Å². The molecule has 1 saturated carbocycles. The lowest BCUT2D eigenvalue weighted by Crippen LogP contribution is -2.35. The highest BCUT2D eigenvalue weighted by Crippen LogP contribution is 2.25. The second kappa shape index (κ2) is 5.89. The number of aliphatic hydroxyl groups excluding tert-OH is 1. The fraction of sp³-hybridized carbons (Fsp3) is 0.733. The summed E-state index contributed by atoms with van der Waals surface area (Å²) in [5.41, 5.74) is 1.23. The third-order valence-electron chi connectivity index (χ3n) is 4.10. The fourth-order valence-electron chi connectivity index (χ4n) is 2.94. The van der Waals surface area contributed by atoms with Gasteiger partial charge in [0.1, 0.15) is 11.5 Å². The van der Waals surface area contributed by atoms with Crippen LogP contribution < -0.4 is 5.32 Å². The third-order valence-corrected chi connectivity index (χ3v) is 4.10. The van der Waals surface area contributed by atoms with Crippen LogP contribution in [0.2, 0.25) is 0 Å². The van der Waals surface area contributed by atoms with Crippen molar-refractivity contribution in [3.05, 3.63) is 23.2 Å². The Kier molecular flexibility index (Phi) is 4.46. The van der Waals surface area contributed by atoms with Gasteiger partial charge in [0, 0.05) is 18.2 Å². The van der Waals surface area contributed by atoms with E-state index in [9.17, 15) is 5.11 Å². The third kappa shape index (κ3) is 3.15. The molecule has 2 rings (SSSR count). The van der Waals surface area contributed by atoms with E-state index < -0.39 is 0 Å². The molecular formula is C15H25NO2. The lowest BCUT2D eigenvalue weighted by Gasteiger charge is -2.29. The van der Waals surface area contributed by atoms with E-state index in [1.54, 1.807) is 0 Å². The lowest BCUT2D eigenvalue weighted by atomic mass is 9.86. The molecule has 0 saturated heterocycles. The van der Waals surface area contributed by atoms with Gasteiger partial charge < -0.3 is 14.8 Å². The van der Waals surface area contributed by atoms with E-state index in [-0.39, 0.29) is 12.1 Å². The summed E-state index contributed by atoms with van der Waals surface area (Å²) in [6.07, 6.45) is 4.41. The Labute approximate surface area is 110 Å². The van der Waals surface area contributed by atoms with Gasteiger partial charge in [-0.05, 0) is 45.6 Å². The maximum atomic E-state index is 9.95. The van der Waals surface area contributed by atoms with E-state index in [4.69, 9.17) is 4.42 Å². The Morgan fingerprint density at radius 2 is 2.11 bits per heavy atom. The van der Waals surface area contributed by atoms with Crippen LogP contribution in [-0.2, 0) is 0 Å². The van der Waals surface area contributed by atoms with Crippen molar-refractivity contribution in [3.8, 4) is 0 Å². The van der Waals surface area contributed by atoms with Crippen molar-refractivity contribution < 1.29 is 9.52 Å². The van der Waals surface area contributed by atoms with Crippen LogP contribution in [0.5, 0.6) is 0 Å². The van der Waals surface area contributed by atoms with Gasteiger partial charge in [0.2, 0.25) is 0 Å². The Bertz CT molecular complexity index is 386. The fourth-order valence-corrected chi connectivity index (χ4v) is 2.94. The molecule has 1 fully saturated rings. The topological polar surface area (TPSA) is 45.4 Å². The van der Waals surface area contributed by atoms with Gasteiger partial charge in [-0.1, -0.05) is 12.8 Å². The predicted molar refractivity (Wildman–Crippen MR) is 72.6 cm³/mol. The van der Waals surface area contributed by atoms with Gasteiger partial charge in [-0.25, -0.2) is 0 Å². The van der Waals surface area contributed by atoms with Gasteiger partial charge in [0.25, 0.3) is 0 Å². The molecule has 3 atom stereocenters. The van der Waals surface area contributed by atoms with Crippen molar-refractivity contribution >= 4 is 0 Å². The Morgan fingerprint density at radius 3 is 2.72 bits per heavy atom. The molecule has 0 spiro atoms. The number of hydrogen-bond donors (Lipinski definition) is 2. The van der Waals surface area contributed by atoms with Crippen LogP contribution in [0.3, 0.4) is 0 Å². The molecule has 3 nitrogen and oxygen atoms in total. The minimum absolute atomic E-state index is 0.120. The van der Waals surface area contributed by atoms with Crippen LogP contribution >= 0.6 is 0 Å². The van der Waals surface area contributed by atoms with Crippen LogP contribution in [0.4, 0.5) is 0 Å². The van der Waals surface area contributed by atoms with Gasteiger partial charge >= 0.3 is 0 Å². The molecule has 1 aromatic heterocycles. The van der Waals surface area contributed by atoms with E-state index in [1.807, 2.05) is 13.8 Å². The Morgan fingerprint density at radius 1 is 1.39 bits per heavy atom. The molecule has 0 radical (unpaired) electrons. The van der Waals surface area contributed by atoms with E-state index in [0.717, 1.165) is 30.9 Å². The highest BCUT2D eigenvalue weighted by atomic mass is 16.3. The first-order chi connectivity index (χ1) is 8.58. The highest BCUT2D eigenvalue weighted by Gasteiger charge is 2.23. The summed E-state index contributed by atoms with van der Waals surface area (Å²) in [5, 5.41) is 13.5. The van der Waals surface area contributed by atoms with Crippen LogP contribution in [0.15, 0.2) is 10.5 Å². The molecule has 1 aliphatic rings. The number of rotatable bonds is 4. The van der Waals surface area contributed by atoms with Crippen molar-refractivity contribution in [2.24, 2.45) is 5.92 Å². The maximum absolute atomic E-state index is 9.95. The Hall–Kier alpha value is -0.800. The molecule has 1 aromatic rings. The molecule has 0 aromatic carbocycles. The second-order valence-corrected chi connectivity index (χ2v) is 5.61. The predicted octanol–water partition coefficient (Wildman–Crippen LogP) is 3.10. The number of nitrogens with one attached hydrogen (secondary N) is 1. The minimum Gasteiger partial charge on any atom is -0.466 e. The molecule has 18 heavy (non-hydrogen) atoms. The molecule has 102 valence electrons. The van der Waals surface area contributed by atoms with Crippen LogP contribution in [0.1, 0.15) is 55.7 Å². The van der Waals surface area contributed by atoms with Crippen molar-refractivity contribution in [2.75, 3.05) is 6.54 Å². The number of furan rings is 1. The maximum Gasteiger partial charge on any atom is 0.105 e. The number of aliphatic hydroxyl groups is 1. The van der Waals surface area contributed by atoms with Gasteiger partial charge in [0.15, 0.2) is 0 Å². The van der Waals surface area contributed by atoms with E-state index in [0.29, 0.717) is 5.92 Å². The molecule has 2 N–H and O–H groups in total. The standard InChI is InChI=1S/C15H25NO2/c1-10-8-14(12(3)18-10)11(2)16-9-13-6-4-5-7-15(13)17/h8,11,13,15-17H,4-7,9H2,1-3H3. The first kappa shape index (κ1) is 13.6. The SMILES string of the molecule is Cc1cc(C(C)NCC2CCCCC2O)c(C)o1. The van der Waals surface area contributed by atoms with Gasteiger partial charge in [-0.3, -0.25) is 0 Å². The Balaban J connectivity index is 1.87. The minimum atomic E-state index is -0.120. The van der Waals surface area contributed by atoms with Gasteiger partial charge in [-0.15, -0.1) is 0 Å². The van der Waals surface area contributed by atoms with E-state index in [1.165, 1.54) is 18.4 Å². The molecule has 0 bridgehead atoms. The zero-order chi connectivity index (χ0) is 13.1. The number of hydrogen-bond acceptors (Lipinski definition) is 3. The number of aryl methyl sites for hydroxylation is 2. The monoisotopic (exact) mass is 251 g/mol. The summed E-state index contributed by atoms with van der Waals surface area (Å²) >= 11 is 0. The molecule has 0 amide bonds. The van der Waals surface area contributed by atoms with Gasteiger partial charge in [-0.2, -0.15) is 0 Å². The quantitative estimate of drug-likeness (QED) is 0.864. The van der Waals surface area contributed by atoms with Crippen molar-refractivity contribution in [2.45, 2.75) is 58.6 Å². The molecule has 0 aliphatic heterocycles. The summed E-state index contributed by atoms with van der Waals surface area (Å²) in [5.74, 6) is 2.38. The molecule has 3 unspecified atom stereocenters.